The van der Waals surface area contributed by atoms with E-state index in [-0.39, 0.29) is 5.91 Å². The first-order valence-corrected chi connectivity index (χ1v) is 5.46. The Labute approximate surface area is 95.2 Å². The highest BCUT2D eigenvalue weighted by molar-refractivity contribution is 5.84. The number of nitrogens with two attached hydrogens (primary N) is 1. The molecule has 0 radical (unpaired) electrons. The first-order chi connectivity index (χ1) is 7.58. The number of likely N-dealkylation sites (N-methyl/N-ethyl adjacent to an activating group) is 1. The van der Waals surface area contributed by atoms with Gasteiger partial charge in [-0.3, -0.25) is 9.48 Å². The van der Waals surface area contributed by atoms with E-state index in [4.69, 9.17) is 5.73 Å². The van der Waals surface area contributed by atoms with Crippen LogP contribution >= 0.6 is 0 Å². The lowest BCUT2D eigenvalue weighted by Crippen LogP contribution is -2.53. The summed E-state index contributed by atoms with van der Waals surface area (Å²) in [4.78, 5) is 15.2. The summed E-state index contributed by atoms with van der Waals surface area (Å²) in [6.07, 6.45) is 4.68. The van der Waals surface area contributed by atoms with Crippen LogP contribution in [0.4, 0.5) is 0 Å². The number of nitrogens with zero attached hydrogens (tertiary/aromatic N) is 3. The molecule has 1 rings (SSSR count). The maximum Gasteiger partial charge on any atom is 0.237 e. The fourth-order valence-electron chi connectivity index (χ4n) is 1.63. The third kappa shape index (κ3) is 3.30. The van der Waals surface area contributed by atoms with Gasteiger partial charge in [0, 0.05) is 6.54 Å². The van der Waals surface area contributed by atoms with E-state index in [0.29, 0.717) is 6.42 Å². The van der Waals surface area contributed by atoms with Crippen molar-refractivity contribution in [3.63, 3.8) is 0 Å². The third-order valence-electron chi connectivity index (χ3n) is 2.64. The number of rotatable bonds is 7. The molecule has 90 valence electrons. The Kier molecular flexibility index (Phi) is 4.42. The summed E-state index contributed by atoms with van der Waals surface area (Å²) >= 11 is 0. The average Bonchev–Trinajstić information content (AvgIpc) is 2.70. The molecule has 1 aromatic heterocycles. The van der Waals surface area contributed by atoms with Gasteiger partial charge in [-0.25, -0.2) is 4.98 Å². The summed E-state index contributed by atoms with van der Waals surface area (Å²) in [7, 11) is 0. The van der Waals surface area contributed by atoms with Gasteiger partial charge in [-0.15, -0.1) is 0 Å². The van der Waals surface area contributed by atoms with Crippen LogP contribution in [0, 0.1) is 0 Å². The van der Waals surface area contributed by atoms with Crippen molar-refractivity contribution >= 4 is 5.91 Å². The van der Waals surface area contributed by atoms with Crippen LogP contribution in [0.15, 0.2) is 12.7 Å². The molecule has 16 heavy (non-hydrogen) atoms. The number of primary amides is 1. The van der Waals surface area contributed by atoms with E-state index in [1.165, 1.54) is 6.33 Å². The number of aryl methyl sites for hydroxylation is 1. The molecular formula is C10H19N5O. The van der Waals surface area contributed by atoms with Crippen LogP contribution in [-0.2, 0) is 11.3 Å². The maximum absolute atomic E-state index is 11.3. The fraction of sp³-hybridized carbons (Fsp3) is 0.700. The van der Waals surface area contributed by atoms with Crippen molar-refractivity contribution in [1.29, 1.82) is 0 Å². The number of amides is 1. The smallest absolute Gasteiger partial charge is 0.237 e. The van der Waals surface area contributed by atoms with Gasteiger partial charge in [0.15, 0.2) is 0 Å². The molecule has 0 aliphatic heterocycles. The molecule has 6 nitrogen and oxygen atoms in total. The van der Waals surface area contributed by atoms with Crippen molar-refractivity contribution in [2.45, 2.75) is 38.8 Å². The molecule has 1 heterocycles. The quantitative estimate of drug-likeness (QED) is 0.679. The van der Waals surface area contributed by atoms with E-state index in [1.807, 2.05) is 13.8 Å². The van der Waals surface area contributed by atoms with Gasteiger partial charge >= 0.3 is 0 Å². The zero-order valence-corrected chi connectivity index (χ0v) is 9.81. The summed E-state index contributed by atoms with van der Waals surface area (Å²) in [5, 5.41) is 7.11. The number of nitrogens with one attached hydrogen (secondary N) is 1. The van der Waals surface area contributed by atoms with Crippen LogP contribution in [-0.4, -0.2) is 32.8 Å². The zero-order valence-electron chi connectivity index (χ0n) is 9.81. The Morgan fingerprint density at radius 1 is 1.62 bits per heavy atom. The second-order valence-corrected chi connectivity index (χ2v) is 3.99. The Morgan fingerprint density at radius 3 is 2.88 bits per heavy atom. The van der Waals surface area contributed by atoms with E-state index in [2.05, 4.69) is 15.4 Å². The van der Waals surface area contributed by atoms with Gasteiger partial charge in [-0.1, -0.05) is 6.92 Å². The molecule has 0 spiro atoms. The molecule has 3 N–H and O–H groups in total. The zero-order chi connectivity index (χ0) is 12.0. The van der Waals surface area contributed by atoms with Gasteiger partial charge in [-0.2, -0.15) is 5.10 Å². The average molecular weight is 225 g/mol. The van der Waals surface area contributed by atoms with E-state index >= 15 is 0 Å². The Balaban J connectivity index is 2.41. The molecule has 0 fully saturated rings. The summed E-state index contributed by atoms with van der Waals surface area (Å²) in [6.45, 7) is 5.26. The molecule has 1 atom stereocenters. The third-order valence-corrected chi connectivity index (χ3v) is 2.64. The lowest BCUT2D eigenvalue weighted by Gasteiger charge is -2.26. The van der Waals surface area contributed by atoms with E-state index in [9.17, 15) is 4.79 Å². The largest absolute Gasteiger partial charge is 0.368 e. The maximum atomic E-state index is 11.3. The predicted molar refractivity (Wildman–Crippen MR) is 60.5 cm³/mol. The highest BCUT2D eigenvalue weighted by Crippen LogP contribution is 2.12. The van der Waals surface area contributed by atoms with E-state index in [1.54, 1.807) is 11.0 Å². The molecule has 1 amide bonds. The number of aromatic nitrogens is 3. The second kappa shape index (κ2) is 5.60. The van der Waals surface area contributed by atoms with Crippen LogP contribution in [0.2, 0.25) is 0 Å². The highest BCUT2D eigenvalue weighted by Gasteiger charge is 2.28. The molecule has 6 heteroatoms. The number of hydrogen-bond donors (Lipinski definition) is 2. The van der Waals surface area contributed by atoms with Gasteiger partial charge in [0.2, 0.25) is 5.91 Å². The molecule has 0 aliphatic rings. The summed E-state index contributed by atoms with van der Waals surface area (Å²) in [6, 6.07) is 0. The van der Waals surface area contributed by atoms with Gasteiger partial charge in [0.1, 0.15) is 12.7 Å². The molecule has 1 aromatic rings. The molecular weight excluding hydrogens is 206 g/mol. The minimum atomic E-state index is -0.630. The SMILES string of the molecule is CCNC(C)(CCCn1cncn1)C(N)=O. The normalized spacial score (nSPS) is 14.6. The minimum Gasteiger partial charge on any atom is -0.368 e. The first-order valence-electron chi connectivity index (χ1n) is 5.46. The lowest BCUT2D eigenvalue weighted by atomic mass is 9.95. The number of carbonyl (C=O) groups excluding carboxylic acids is 1. The molecule has 0 aromatic carbocycles. The lowest BCUT2D eigenvalue weighted by molar-refractivity contribution is -0.124. The molecule has 0 aliphatic carbocycles. The Hall–Kier alpha value is -1.43. The molecule has 0 saturated carbocycles. The van der Waals surface area contributed by atoms with Gasteiger partial charge < -0.3 is 11.1 Å². The van der Waals surface area contributed by atoms with Crippen LogP contribution in [0.25, 0.3) is 0 Å². The van der Waals surface area contributed by atoms with Crippen LogP contribution in [0.1, 0.15) is 26.7 Å². The minimum absolute atomic E-state index is 0.312. The van der Waals surface area contributed by atoms with Crippen molar-refractivity contribution in [1.82, 2.24) is 20.1 Å². The first kappa shape index (κ1) is 12.6. The predicted octanol–water partition coefficient (Wildman–Crippen LogP) is -0.0882. The van der Waals surface area contributed by atoms with Crippen LogP contribution in [0.3, 0.4) is 0 Å². The van der Waals surface area contributed by atoms with Gasteiger partial charge in [0.05, 0.1) is 5.54 Å². The molecule has 0 bridgehead atoms. The van der Waals surface area contributed by atoms with Crippen molar-refractivity contribution in [3.8, 4) is 0 Å². The number of carbonyl (C=O) groups is 1. The standard InChI is InChI=1S/C10H19N5O/c1-3-13-10(2,9(11)16)5-4-6-15-8-12-7-14-15/h7-8,13H,3-6H2,1-2H3,(H2,11,16). The topological polar surface area (TPSA) is 85.8 Å². The molecule has 0 saturated heterocycles. The van der Waals surface area contributed by atoms with Crippen molar-refractivity contribution < 1.29 is 4.79 Å². The Morgan fingerprint density at radius 2 is 2.38 bits per heavy atom. The summed E-state index contributed by atoms with van der Waals surface area (Å²) < 4.78 is 1.74. The highest BCUT2D eigenvalue weighted by atomic mass is 16.1. The van der Waals surface area contributed by atoms with Crippen molar-refractivity contribution in [2.24, 2.45) is 5.73 Å². The second-order valence-electron chi connectivity index (χ2n) is 3.99. The van der Waals surface area contributed by atoms with Gasteiger partial charge in [-0.05, 0) is 26.3 Å². The van der Waals surface area contributed by atoms with Crippen LogP contribution < -0.4 is 11.1 Å². The molecule has 1 unspecified atom stereocenters. The fourth-order valence-corrected chi connectivity index (χ4v) is 1.63. The number of hydrogen-bond acceptors (Lipinski definition) is 4. The Bertz CT molecular complexity index is 324. The van der Waals surface area contributed by atoms with Crippen molar-refractivity contribution in [3.05, 3.63) is 12.7 Å². The van der Waals surface area contributed by atoms with Crippen LogP contribution in [0.5, 0.6) is 0 Å². The van der Waals surface area contributed by atoms with Crippen molar-refractivity contribution in [2.75, 3.05) is 6.54 Å². The van der Waals surface area contributed by atoms with E-state index < -0.39 is 5.54 Å². The summed E-state index contributed by atoms with van der Waals surface area (Å²) in [5.74, 6) is -0.312. The monoisotopic (exact) mass is 225 g/mol. The van der Waals surface area contributed by atoms with Gasteiger partial charge in [0.25, 0.3) is 0 Å². The van der Waals surface area contributed by atoms with E-state index in [0.717, 1.165) is 19.5 Å². The summed E-state index contributed by atoms with van der Waals surface area (Å²) in [5.41, 5.74) is 4.75.